The van der Waals surface area contributed by atoms with Crippen molar-refractivity contribution in [3.63, 3.8) is 0 Å². The van der Waals surface area contributed by atoms with Crippen LogP contribution < -0.4 is 10.1 Å². The van der Waals surface area contributed by atoms with Crippen LogP contribution in [-0.4, -0.2) is 32.1 Å². The van der Waals surface area contributed by atoms with Gasteiger partial charge in [0.2, 0.25) is 5.95 Å². The predicted molar refractivity (Wildman–Crippen MR) is 117 cm³/mol. The maximum absolute atomic E-state index is 13.7. The molecule has 158 valence electrons. The van der Waals surface area contributed by atoms with Crippen LogP contribution in [0.5, 0.6) is 6.01 Å². The number of anilines is 1. The third kappa shape index (κ3) is 4.13. The number of hydrogen-bond donors (Lipinski definition) is 1. The zero-order valence-corrected chi connectivity index (χ0v) is 17.6. The van der Waals surface area contributed by atoms with Crippen LogP contribution in [0.3, 0.4) is 0 Å². The number of rotatable bonds is 5. The molecule has 0 amide bonds. The third-order valence-electron chi connectivity index (χ3n) is 5.67. The number of aromatic nitrogens is 4. The van der Waals surface area contributed by atoms with Crippen molar-refractivity contribution in [2.75, 3.05) is 5.32 Å². The Balaban J connectivity index is 1.42. The van der Waals surface area contributed by atoms with Crippen molar-refractivity contribution in [2.45, 2.75) is 51.7 Å². The molecule has 2 aromatic heterocycles. The highest BCUT2D eigenvalue weighted by Crippen LogP contribution is 2.42. The molecule has 5 rings (SSSR count). The van der Waals surface area contributed by atoms with Gasteiger partial charge < -0.3 is 10.1 Å². The average molecular weight is 417 g/mol. The summed E-state index contributed by atoms with van der Waals surface area (Å²) in [6.07, 6.45) is 6.66. The van der Waals surface area contributed by atoms with Crippen molar-refractivity contribution >= 4 is 11.5 Å². The number of nitrogens with one attached hydrogen (secondary N) is 1. The topological polar surface area (TPSA) is 72.8 Å². The largest absolute Gasteiger partial charge is 0.461 e. The first-order chi connectivity index (χ1) is 15.0. The molecule has 0 saturated carbocycles. The number of fused-ring (bicyclic) bond motifs is 2. The maximum atomic E-state index is 13.7. The fourth-order valence-corrected chi connectivity index (χ4v) is 4.34. The minimum absolute atomic E-state index is 0.0916. The van der Waals surface area contributed by atoms with E-state index in [1.807, 2.05) is 13.8 Å². The molecule has 31 heavy (non-hydrogen) atoms. The lowest BCUT2D eigenvalue weighted by atomic mass is 9.88. The van der Waals surface area contributed by atoms with E-state index in [9.17, 15) is 4.39 Å². The van der Waals surface area contributed by atoms with Crippen molar-refractivity contribution in [3.05, 3.63) is 65.2 Å². The van der Waals surface area contributed by atoms with Crippen LogP contribution in [-0.2, 0) is 6.42 Å². The van der Waals surface area contributed by atoms with Gasteiger partial charge in [-0.05, 0) is 62.3 Å². The highest BCUT2D eigenvalue weighted by atomic mass is 19.1. The summed E-state index contributed by atoms with van der Waals surface area (Å²) in [5.74, 6) is 0.331. The molecule has 1 atom stereocenters. The van der Waals surface area contributed by atoms with Gasteiger partial charge >= 0.3 is 6.01 Å². The quantitative estimate of drug-likeness (QED) is 0.641. The Bertz CT molecular complexity index is 1160. The van der Waals surface area contributed by atoms with E-state index in [0.717, 1.165) is 31.9 Å². The molecular formula is C24H24FN5O. The second-order valence-corrected chi connectivity index (χ2v) is 8.32. The van der Waals surface area contributed by atoms with Gasteiger partial charge in [0.25, 0.3) is 0 Å². The lowest BCUT2D eigenvalue weighted by Crippen LogP contribution is -2.25. The molecule has 1 aromatic carbocycles. The maximum Gasteiger partial charge on any atom is 0.322 e. The number of halogens is 1. The summed E-state index contributed by atoms with van der Waals surface area (Å²) in [6, 6.07) is 10.4. The fourth-order valence-electron chi connectivity index (χ4n) is 4.34. The number of allylic oxidation sites excluding steroid dienone is 1. The van der Waals surface area contributed by atoms with Crippen molar-refractivity contribution in [1.82, 2.24) is 19.9 Å². The van der Waals surface area contributed by atoms with Gasteiger partial charge in [-0.15, -0.1) is 0 Å². The summed E-state index contributed by atoms with van der Waals surface area (Å²) < 4.78 is 19.4. The molecule has 7 heteroatoms. The Morgan fingerprint density at radius 2 is 2.00 bits per heavy atom. The van der Waals surface area contributed by atoms with Crippen molar-refractivity contribution in [2.24, 2.45) is 0 Å². The molecule has 0 aliphatic heterocycles. The van der Waals surface area contributed by atoms with Gasteiger partial charge in [-0.1, -0.05) is 29.8 Å². The second-order valence-electron chi connectivity index (χ2n) is 8.32. The average Bonchev–Trinajstić information content (AvgIpc) is 3.11. The van der Waals surface area contributed by atoms with Gasteiger partial charge in [0.15, 0.2) is 5.82 Å². The van der Waals surface area contributed by atoms with Crippen molar-refractivity contribution in [3.8, 4) is 17.4 Å². The zero-order chi connectivity index (χ0) is 21.4. The van der Waals surface area contributed by atoms with Crippen molar-refractivity contribution in [1.29, 1.82) is 0 Å². The van der Waals surface area contributed by atoms with Crippen LogP contribution >= 0.6 is 0 Å². The van der Waals surface area contributed by atoms with E-state index in [4.69, 9.17) is 4.74 Å². The minimum atomic E-state index is -0.439. The summed E-state index contributed by atoms with van der Waals surface area (Å²) in [4.78, 5) is 17.3. The normalized spacial score (nSPS) is 17.5. The SMILES string of the molecule is CC(C)Oc1nc(N[C@@H]2CCC3=C(C2)c2ccccc2C3)nc(-c2cncc(F)c2)n1. The molecule has 6 nitrogen and oxygen atoms in total. The molecule has 0 unspecified atom stereocenters. The van der Waals surface area contributed by atoms with E-state index in [0.29, 0.717) is 17.3 Å². The first-order valence-electron chi connectivity index (χ1n) is 10.6. The van der Waals surface area contributed by atoms with Crippen LogP contribution in [0.2, 0.25) is 0 Å². The Labute approximate surface area is 180 Å². The van der Waals surface area contributed by atoms with Crippen LogP contribution in [0.15, 0.2) is 48.3 Å². The molecule has 0 spiro atoms. The van der Waals surface area contributed by atoms with E-state index < -0.39 is 5.82 Å². The fraction of sp³-hybridized carbons (Fsp3) is 0.333. The smallest absolute Gasteiger partial charge is 0.322 e. The summed E-state index contributed by atoms with van der Waals surface area (Å²) in [7, 11) is 0. The summed E-state index contributed by atoms with van der Waals surface area (Å²) >= 11 is 0. The molecule has 2 heterocycles. The molecule has 2 aliphatic rings. The molecule has 0 radical (unpaired) electrons. The second kappa shape index (κ2) is 8.06. The summed E-state index contributed by atoms with van der Waals surface area (Å²) in [5, 5.41) is 3.47. The summed E-state index contributed by atoms with van der Waals surface area (Å²) in [6.45, 7) is 3.82. The first kappa shape index (κ1) is 19.6. The zero-order valence-electron chi connectivity index (χ0n) is 17.6. The van der Waals surface area contributed by atoms with Gasteiger partial charge in [-0.3, -0.25) is 4.98 Å². The van der Waals surface area contributed by atoms with Gasteiger partial charge in [0.1, 0.15) is 5.82 Å². The van der Waals surface area contributed by atoms with Gasteiger partial charge in [0, 0.05) is 17.8 Å². The molecule has 0 bridgehead atoms. The number of hydrogen-bond acceptors (Lipinski definition) is 6. The van der Waals surface area contributed by atoms with E-state index in [1.54, 1.807) is 5.57 Å². The highest BCUT2D eigenvalue weighted by Gasteiger charge is 2.28. The number of ether oxygens (including phenoxy) is 1. The van der Waals surface area contributed by atoms with E-state index >= 15 is 0 Å². The standard InChI is InChI=1S/C24H24FN5O/c1-14(2)31-24-29-22(17-10-18(25)13-26-12-17)28-23(30-24)27-19-8-7-16-9-15-5-3-4-6-20(15)21(16)11-19/h3-6,10,12-14,19H,7-9,11H2,1-2H3,(H,27,28,29,30)/t19-/m1/s1. The Morgan fingerprint density at radius 1 is 1.13 bits per heavy atom. The predicted octanol–water partition coefficient (Wildman–Crippen LogP) is 4.83. The van der Waals surface area contributed by atoms with E-state index in [2.05, 4.69) is 49.5 Å². The Kier molecular flexibility index (Phi) is 5.10. The van der Waals surface area contributed by atoms with Crippen LogP contribution in [0.25, 0.3) is 17.0 Å². The Hall–Kier alpha value is -3.35. The lowest BCUT2D eigenvalue weighted by Gasteiger charge is -2.25. The molecule has 0 saturated heterocycles. The van der Waals surface area contributed by atoms with Gasteiger partial charge in [0.05, 0.1) is 12.3 Å². The van der Waals surface area contributed by atoms with Crippen LogP contribution in [0, 0.1) is 5.82 Å². The van der Waals surface area contributed by atoms with Crippen LogP contribution in [0.4, 0.5) is 10.3 Å². The van der Waals surface area contributed by atoms with Gasteiger partial charge in [-0.25, -0.2) is 4.39 Å². The monoisotopic (exact) mass is 417 g/mol. The number of pyridine rings is 1. The third-order valence-corrected chi connectivity index (χ3v) is 5.67. The molecule has 3 aromatic rings. The Morgan fingerprint density at radius 3 is 2.84 bits per heavy atom. The molecule has 0 fully saturated rings. The summed E-state index contributed by atoms with van der Waals surface area (Å²) in [5.41, 5.74) is 6.26. The number of benzene rings is 1. The highest BCUT2D eigenvalue weighted by molar-refractivity contribution is 5.77. The molecule has 2 aliphatic carbocycles. The van der Waals surface area contributed by atoms with E-state index in [-0.39, 0.29) is 18.2 Å². The number of nitrogens with zero attached hydrogens (tertiary/aromatic N) is 4. The van der Waals surface area contributed by atoms with Crippen molar-refractivity contribution < 1.29 is 9.13 Å². The molecular weight excluding hydrogens is 393 g/mol. The van der Waals surface area contributed by atoms with Gasteiger partial charge in [-0.2, -0.15) is 15.0 Å². The van der Waals surface area contributed by atoms with Crippen LogP contribution in [0.1, 0.15) is 44.2 Å². The lowest BCUT2D eigenvalue weighted by molar-refractivity contribution is 0.222. The minimum Gasteiger partial charge on any atom is -0.461 e. The van der Waals surface area contributed by atoms with E-state index in [1.165, 1.54) is 29.0 Å². The first-order valence-corrected chi connectivity index (χ1v) is 10.6. The molecule has 1 N–H and O–H groups in total.